The molecular weight excluding hydrogens is 354 g/mol. The lowest BCUT2D eigenvalue weighted by Crippen LogP contribution is -2.14. The van der Waals surface area contributed by atoms with Crippen LogP contribution in [0.2, 0.25) is 0 Å². The maximum atomic E-state index is 11.7. The van der Waals surface area contributed by atoms with Crippen molar-refractivity contribution in [1.29, 1.82) is 5.26 Å². The van der Waals surface area contributed by atoms with Gasteiger partial charge in [-0.1, -0.05) is 13.8 Å². The van der Waals surface area contributed by atoms with E-state index in [4.69, 9.17) is 4.74 Å². The average molecular weight is 377 g/mol. The van der Waals surface area contributed by atoms with Crippen molar-refractivity contribution in [2.45, 2.75) is 46.1 Å². The Morgan fingerprint density at radius 3 is 2.31 bits per heavy atom. The molecule has 0 atom stereocenters. The molecule has 1 heterocycles. The second kappa shape index (κ2) is 7.48. The number of nitriles is 1. The number of ether oxygens (including phenoxy) is 1. The number of aliphatic hydroxyl groups is 1. The molecule has 0 aliphatic carbocycles. The molecule has 1 aromatic carbocycles. The van der Waals surface area contributed by atoms with Crippen LogP contribution in [0, 0.1) is 25.2 Å². The molecule has 0 fully saturated rings. The van der Waals surface area contributed by atoms with E-state index in [-0.39, 0.29) is 24.1 Å². The lowest BCUT2D eigenvalue weighted by Gasteiger charge is -2.14. The summed E-state index contributed by atoms with van der Waals surface area (Å²) in [4.78, 5) is 0. The Balaban J connectivity index is 2.57. The Kier molecular flexibility index (Phi) is 5.74. The van der Waals surface area contributed by atoms with Crippen molar-refractivity contribution in [3.63, 3.8) is 0 Å². The highest BCUT2D eigenvalue weighted by molar-refractivity contribution is 7.89. The fourth-order valence-corrected chi connectivity index (χ4v) is 3.52. The molecule has 1 N–H and O–H groups in total. The Morgan fingerprint density at radius 2 is 1.88 bits per heavy atom. The van der Waals surface area contributed by atoms with E-state index in [1.54, 1.807) is 12.1 Å². The van der Waals surface area contributed by atoms with E-state index in [0.29, 0.717) is 22.8 Å². The number of sulfone groups is 1. The van der Waals surface area contributed by atoms with Gasteiger partial charge in [-0.05, 0) is 43.0 Å². The van der Waals surface area contributed by atoms with Gasteiger partial charge in [-0.2, -0.15) is 10.4 Å². The summed E-state index contributed by atoms with van der Waals surface area (Å²) in [5.74, 6) is 0.506. The third-order valence-corrected chi connectivity index (χ3v) is 4.62. The lowest BCUT2D eigenvalue weighted by molar-refractivity contribution is 0.270. The van der Waals surface area contributed by atoms with Gasteiger partial charge in [0.05, 0.1) is 23.9 Å². The van der Waals surface area contributed by atoms with Gasteiger partial charge in [-0.15, -0.1) is 0 Å². The summed E-state index contributed by atoms with van der Waals surface area (Å²) < 4.78 is 30.8. The van der Waals surface area contributed by atoms with Crippen molar-refractivity contribution in [2.24, 2.45) is 0 Å². The minimum atomic E-state index is -3.31. The molecule has 0 amide bonds. The smallest absolute Gasteiger partial charge is 0.174 e. The van der Waals surface area contributed by atoms with Crippen LogP contribution >= 0.6 is 0 Å². The monoisotopic (exact) mass is 377 g/mol. The lowest BCUT2D eigenvalue weighted by atomic mass is 10.0. The van der Waals surface area contributed by atoms with Gasteiger partial charge in [0.15, 0.2) is 15.6 Å². The number of benzene rings is 1. The van der Waals surface area contributed by atoms with E-state index in [1.165, 1.54) is 4.68 Å². The SMILES string of the molecule is Cc1cc(Oc2c(CO)nn(CS(C)(=O)=O)c2C(C)C)cc(C)c1C#N. The Hall–Kier alpha value is -2.37. The zero-order valence-electron chi connectivity index (χ0n) is 15.6. The van der Waals surface area contributed by atoms with Crippen molar-refractivity contribution in [2.75, 3.05) is 6.26 Å². The first-order valence-electron chi connectivity index (χ1n) is 8.14. The highest BCUT2D eigenvalue weighted by Gasteiger charge is 2.24. The molecule has 7 nitrogen and oxygen atoms in total. The van der Waals surface area contributed by atoms with E-state index in [9.17, 15) is 18.8 Å². The maximum Gasteiger partial charge on any atom is 0.174 e. The van der Waals surface area contributed by atoms with Crippen molar-refractivity contribution < 1.29 is 18.3 Å². The molecule has 26 heavy (non-hydrogen) atoms. The van der Waals surface area contributed by atoms with Gasteiger partial charge in [0.2, 0.25) is 0 Å². The molecule has 0 saturated heterocycles. The molecule has 8 heteroatoms. The quantitative estimate of drug-likeness (QED) is 0.830. The first-order chi connectivity index (χ1) is 12.1. The molecule has 140 valence electrons. The normalized spacial score (nSPS) is 11.6. The van der Waals surface area contributed by atoms with E-state index >= 15 is 0 Å². The first-order valence-corrected chi connectivity index (χ1v) is 10.2. The molecule has 0 bridgehead atoms. The molecule has 2 rings (SSSR count). The average Bonchev–Trinajstić information content (AvgIpc) is 2.82. The summed E-state index contributed by atoms with van der Waals surface area (Å²) in [6.07, 6.45) is 1.13. The molecule has 2 aromatic rings. The van der Waals surface area contributed by atoms with Crippen molar-refractivity contribution >= 4 is 9.84 Å². The Labute approximate surface area is 153 Å². The molecular formula is C18H23N3O4S. The summed E-state index contributed by atoms with van der Waals surface area (Å²) in [6.45, 7) is 7.07. The minimum absolute atomic E-state index is 0.0693. The number of nitrogens with zero attached hydrogens (tertiary/aromatic N) is 3. The number of rotatable bonds is 6. The van der Waals surface area contributed by atoms with Gasteiger partial charge in [0.25, 0.3) is 0 Å². The Morgan fingerprint density at radius 1 is 1.31 bits per heavy atom. The van der Waals surface area contributed by atoms with E-state index in [0.717, 1.165) is 17.4 Å². The largest absolute Gasteiger partial charge is 0.453 e. The predicted molar refractivity (Wildman–Crippen MR) is 97.8 cm³/mol. The molecule has 0 aliphatic rings. The van der Waals surface area contributed by atoms with Crippen LogP contribution in [0.15, 0.2) is 12.1 Å². The van der Waals surface area contributed by atoms with Crippen LogP contribution in [0.25, 0.3) is 0 Å². The number of hydrogen-bond acceptors (Lipinski definition) is 6. The van der Waals surface area contributed by atoms with Gasteiger partial charge in [-0.25, -0.2) is 13.1 Å². The molecule has 1 aromatic heterocycles. The standard InChI is InChI=1S/C18H23N3O4S/c1-11(2)17-18(16(9-22)20-21(17)10-26(5,23)24)25-14-6-12(3)15(8-19)13(4)7-14/h6-7,11,22H,9-10H2,1-5H3. The highest BCUT2D eigenvalue weighted by Crippen LogP contribution is 2.35. The van der Waals surface area contributed by atoms with Crippen LogP contribution in [0.5, 0.6) is 11.5 Å². The third-order valence-electron chi connectivity index (χ3n) is 3.91. The maximum absolute atomic E-state index is 11.7. The van der Waals surface area contributed by atoms with Crippen molar-refractivity contribution in [3.05, 3.63) is 40.2 Å². The first kappa shape index (κ1) is 19.9. The summed E-state index contributed by atoms with van der Waals surface area (Å²) >= 11 is 0. The Bertz CT molecular complexity index is 946. The zero-order chi connectivity index (χ0) is 19.6. The van der Waals surface area contributed by atoms with Crippen LogP contribution in [0.3, 0.4) is 0 Å². The second-order valence-electron chi connectivity index (χ2n) is 6.67. The van der Waals surface area contributed by atoms with Gasteiger partial charge < -0.3 is 9.84 Å². The number of aryl methyl sites for hydroxylation is 2. The van der Waals surface area contributed by atoms with Crippen LogP contribution in [0.4, 0.5) is 0 Å². The van der Waals surface area contributed by atoms with E-state index in [1.807, 2.05) is 27.7 Å². The van der Waals surface area contributed by atoms with Crippen LogP contribution in [-0.4, -0.2) is 29.6 Å². The fourth-order valence-electron chi connectivity index (χ4n) is 2.88. The highest BCUT2D eigenvalue weighted by atomic mass is 32.2. The van der Waals surface area contributed by atoms with Crippen molar-refractivity contribution in [1.82, 2.24) is 9.78 Å². The topological polar surface area (TPSA) is 105 Å². The van der Waals surface area contributed by atoms with Gasteiger partial charge in [0, 0.05) is 6.26 Å². The predicted octanol–water partition coefficient (Wildman–Crippen LogP) is 2.78. The van der Waals surface area contributed by atoms with Crippen LogP contribution < -0.4 is 4.74 Å². The number of aliphatic hydroxyl groups excluding tert-OH is 1. The summed E-state index contributed by atoms with van der Waals surface area (Å²) in [6, 6.07) is 5.64. The fraction of sp³-hybridized carbons (Fsp3) is 0.444. The van der Waals surface area contributed by atoms with E-state index < -0.39 is 9.84 Å². The molecule has 0 saturated carbocycles. The molecule has 0 spiro atoms. The summed E-state index contributed by atoms with van der Waals surface area (Å²) in [7, 11) is -3.31. The van der Waals surface area contributed by atoms with Crippen LogP contribution in [-0.2, 0) is 22.3 Å². The van der Waals surface area contributed by atoms with Gasteiger partial charge in [0.1, 0.15) is 17.3 Å². The summed E-state index contributed by atoms with van der Waals surface area (Å²) in [5.41, 5.74) is 3.03. The van der Waals surface area contributed by atoms with Crippen LogP contribution in [0.1, 0.15) is 47.8 Å². The molecule has 0 aliphatic heterocycles. The minimum Gasteiger partial charge on any atom is -0.453 e. The summed E-state index contributed by atoms with van der Waals surface area (Å²) in [5, 5.41) is 23.1. The van der Waals surface area contributed by atoms with Gasteiger partial charge >= 0.3 is 0 Å². The second-order valence-corrected chi connectivity index (χ2v) is 8.78. The molecule has 0 radical (unpaired) electrons. The number of aromatic nitrogens is 2. The van der Waals surface area contributed by atoms with E-state index in [2.05, 4.69) is 11.2 Å². The van der Waals surface area contributed by atoms with Gasteiger partial charge in [-0.3, -0.25) is 0 Å². The zero-order valence-corrected chi connectivity index (χ0v) is 16.4. The number of hydrogen-bond donors (Lipinski definition) is 1. The molecule has 0 unspecified atom stereocenters. The third kappa shape index (κ3) is 4.23. The van der Waals surface area contributed by atoms with Crippen molar-refractivity contribution in [3.8, 4) is 17.6 Å².